The summed E-state index contributed by atoms with van der Waals surface area (Å²) in [6, 6.07) is 3.79. The number of ketones is 1. The second-order valence-electron chi connectivity index (χ2n) is 4.96. The van der Waals surface area contributed by atoms with Crippen LogP contribution < -0.4 is 4.74 Å². The molecule has 1 aromatic rings. The first-order valence-corrected chi connectivity index (χ1v) is 5.68. The zero-order valence-electron chi connectivity index (χ0n) is 10.4. The summed E-state index contributed by atoms with van der Waals surface area (Å²) in [6.45, 7) is 6.05. The molecule has 0 atom stereocenters. The van der Waals surface area contributed by atoms with Crippen LogP contribution in [0.3, 0.4) is 0 Å². The van der Waals surface area contributed by atoms with Crippen molar-refractivity contribution in [2.75, 3.05) is 7.11 Å². The van der Waals surface area contributed by atoms with Gasteiger partial charge in [0.15, 0.2) is 5.78 Å². The summed E-state index contributed by atoms with van der Waals surface area (Å²) < 4.78 is 5.25. The molecule has 1 aliphatic carbocycles. The average molecular weight is 218 g/mol. The molecule has 0 aromatic heterocycles. The van der Waals surface area contributed by atoms with Crippen LogP contribution in [0.5, 0.6) is 5.75 Å². The molecule has 1 aromatic carbocycles. The maximum Gasteiger partial charge on any atom is 0.169 e. The lowest BCUT2D eigenvalue weighted by molar-refractivity contribution is 0.0912. The summed E-state index contributed by atoms with van der Waals surface area (Å²) >= 11 is 0. The number of benzene rings is 1. The summed E-state index contributed by atoms with van der Waals surface area (Å²) in [4.78, 5) is 12.3. The van der Waals surface area contributed by atoms with Gasteiger partial charge in [-0.1, -0.05) is 6.92 Å². The lowest BCUT2D eigenvalue weighted by atomic mass is 9.91. The highest BCUT2D eigenvalue weighted by Gasteiger charge is 2.45. The second kappa shape index (κ2) is 3.62. The molecule has 0 N–H and O–H groups in total. The van der Waals surface area contributed by atoms with Gasteiger partial charge in [0.05, 0.1) is 7.11 Å². The van der Waals surface area contributed by atoms with E-state index in [2.05, 4.69) is 0 Å². The molecule has 86 valence electrons. The van der Waals surface area contributed by atoms with Crippen LogP contribution in [0.15, 0.2) is 12.1 Å². The Morgan fingerprint density at radius 3 is 2.38 bits per heavy atom. The first-order valence-electron chi connectivity index (χ1n) is 5.68. The smallest absolute Gasteiger partial charge is 0.169 e. The number of methoxy groups -OCH3 is 1. The van der Waals surface area contributed by atoms with Gasteiger partial charge in [0.25, 0.3) is 0 Å². The van der Waals surface area contributed by atoms with E-state index in [4.69, 9.17) is 4.74 Å². The molecule has 2 nitrogen and oxygen atoms in total. The van der Waals surface area contributed by atoms with Crippen LogP contribution in [0.4, 0.5) is 0 Å². The van der Waals surface area contributed by atoms with Crippen molar-refractivity contribution < 1.29 is 9.53 Å². The van der Waals surface area contributed by atoms with Crippen molar-refractivity contribution in [2.45, 2.75) is 33.6 Å². The molecule has 1 saturated carbocycles. The molecular weight excluding hydrogens is 200 g/mol. The van der Waals surface area contributed by atoms with Crippen LogP contribution >= 0.6 is 0 Å². The minimum Gasteiger partial charge on any atom is -0.496 e. The lowest BCUT2D eigenvalue weighted by Gasteiger charge is -2.14. The molecule has 16 heavy (non-hydrogen) atoms. The van der Waals surface area contributed by atoms with Gasteiger partial charge in [-0.05, 0) is 49.9 Å². The fourth-order valence-electron chi connectivity index (χ4n) is 2.00. The van der Waals surface area contributed by atoms with Crippen molar-refractivity contribution in [1.82, 2.24) is 0 Å². The van der Waals surface area contributed by atoms with Crippen molar-refractivity contribution in [3.05, 3.63) is 28.8 Å². The Labute approximate surface area is 96.6 Å². The van der Waals surface area contributed by atoms with Crippen molar-refractivity contribution in [3.8, 4) is 5.75 Å². The van der Waals surface area contributed by atoms with E-state index in [1.165, 1.54) is 0 Å². The van der Waals surface area contributed by atoms with Gasteiger partial charge in [0.2, 0.25) is 0 Å². The molecule has 0 aliphatic heterocycles. The molecule has 2 rings (SSSR count). The van der Waals surface area contributed by atoms with Gasteiger partial charge in [-0.3, -0.25) is 4.79 Å². The van der Waals surface area contributed by atoms with Crippen LogP contribution in [0, 0.1) is 19.3 Å². The minimum absolute atomic E-state index is 0.0915. The lowest BCUT2D eigenvalue weighted by Crippen LogP contribution is -2.14. The third-order valence-corrected chi connectivity index (χ3v) is 3.75. The maximum atomic E-state index is 12.3. The number of rotatable bonds is 3. The number of ether oxygens (including phenoxy) is 1. The minimum atomic E-state index is -0.0915. The topological polar surface area (TPSA) is 26.3 Å². The summed E-state index contributed by atoms with van der Waals surface area (Å²) in [5, 5.41) is 0. The fourth-order valence-corrected chi connectivity index (χ4v) is 2.00. The van der Waals surface area contributed by atoms with E-state index >= 15 is 0 Å². The molecule has 0 radical (unpaired) electrons. The predicted octanol–water partition coefficient (Wildman–Crippen LogP) is 3.29. The predicted molar refractivity (Wildman–Crippen MR) is 64.1 cm³/mol. The van der Waals surface area contributed by atoms with Gasteiger partial charge in [-0.25, -0.2) is 0 Å². The summed E-state index contributed by atoms with van der Waals surface area (Å²) in [5.74, 6) is 1.14. The Bertz CT molecular complexity index is 442. The van der Waals surface area contributed by atoms with E-state index in [1.807, 2.05) is 32.9 Å². The number of carbonyl (C=O) groups is 1. The first-order chi connectivity index (χ1) is 7.49. The van der Waals surface area contributed by atoms with Crippen LogP contribution in [-0.4, -0.2) is 12.9 Å². The standard InChI is InChI=1S/C14H18O2/c1-9-10(2)12(16-4)6-5-11(9)13(15)14(3)7-8-14/h5-6H,7-8H2,1-4H3. The Morgan fingerprint density at radius 2 is 1.88 bits per heavy atom. The highest BCUT2D eigenvalue weighted by Crippen LogP contribution is 2.48. The van der Waals surface area contributed by atoms with Crippen molar-refractivity contribution >= 4 is 5.78 Å². The van der Waals surface area contributed by atoms with Gasteiger partial charge < -0.3 is 4.74 Å². The Hall–Kier alpha value is -1.31. The monoisotopic (exact) mass is 218 g/mol. The van der Waals surface area contributed by atoms with E-state index in [1.54, 1.807) is 7.11 Å². The van der Waals surface area contributed by atoms with Gasteiger partial charge >= 0.3 is 0 Å². The van der Waals surface area contributed by atoms with Crippen molar-refractivity contribution in [2.24, 2.45) is 5.41 Å². The van der Waals surface area contributed by atoms with E-state index in [9.17, 15) is 4.79 Å². The highest BCUT2D eigenvalue weighted by atomic mass is 16.5. The van der Waals surface area contributed by atoms with Crippen molar-refractivity contribution in [1.29, 1.82) is 0 Å². The van der Waals surface area contributed by atoms with E-state index < -0.39 is 0 Å². The number of hydrogen-bond donors (Lipinski definition) is 0. The van der Waals surface area contributed by atoms with E-state index in [0.29, 0.717) is 0 Å². The molecule has 0 saturated heterocycles. The summed E-state index contributed by atoms with van der Waals surface area (Å²) in [5.41, 5.74) is 2.89. The molecule has 0 bridgehead atoms. The molecule has 0 heterocycles. The third kappa shape index (κ3) is 1.62. The SMILES string of the molecule is COc1ccc(C(=O)C2(C)CC2)c(C)c1C. The van der Waals surface area contributed by atoms with Gasteiger partial charge in [-0.2, -0.15) is 0 Å². The van der Waals surface area contributed by atoms with Gasteiger partial charge in [-0.15, -0.1) is 0 Å². The van der Waals surface area contributed by atoms with Crippen LogP contribution in [0.25, 0.3) is 0 Å². The quantitative estimate of drug-likeness (QED) is 0.728. The van der Waals surface area contributed by atoms with Crippen LogP contribution in [0.1, 0.15) is 41.3 Å². The summed E-state index contributed by atoms with van der Waals surface area (Å²) in [7, 11) is 1.66. The molecule has 2 heteroatoms. The zero-order valence-corrected chi connectivity index (χ0v) is 10.4. The van der Waals surface area contributed by atoms with E-state index in [0.717, 1.165) is 35.3 Å². The summed E-state index contributed by atoms with van der Waals surface area (Å²) in [6.07, 6.45) is 2.05. The largest absolute Gasteiger partial charge is 0.496 e. The van der Waals surface area contributed by atoms with Crippen molar-refractivity contribution in [3.63, 3.8) is 0 Å². The Morgan fingerprint density at radius 1 is 1.25 bits per heavy atom. The van der Waals surface area contributed by atoms with Crippen LogP contribution in [-0.2, 0) is 0 Å². The van der Waals surface area contributed by atoms with Gasteiger partial charge in [0.1, 0.15) is 5.75 Å². The Balaban J connectivity index is 2.43. The molecular formula is C14H18O2. The first kappa shape index (κ1) is 11.2. The van der Waals surface area contributed by atoms with Crippen LogP contribution in [0.2, 0.25) is 0 Å². The number of Topliss-reactive ketones (excluding diaryl/α,β-unsaturated/α-hetero) is 1. The number of hydrogen-bond acceptors (Lipinski definition) is 2. The third-order valence-electron chi connectivity index (χ3n) is 3.75. The maximum absolute atomic E-state index is 12.3. The second-order valence-corrected chi connectivity index (χ2v) is 4.96. The molecule has 0 spiro atoms. The molecule has 1 fully saturated rings. The number of carbonyl (C=O) groups excluding carboxylic acids is 1. The highest BCUT2D eigenvalue weighted by molar-refractivity contribution is 6.03. The van der Waals surface area contributed by atoms with E-state index in [-0.39, 0.29) is 11.2 Å². The molecule has 0 unspecified atom stereocenters. The zero-order chi connectivity index (χ0) is 11.9. The fraction of sp³-hybridized carbons (Fsp3) is 0.500. The molecule has 0 amide bonds. The van der Waals surface area contributed by atoms with Gasteiger partial charge in [0, 0.05) is 11.0 Å². The average Bonchev–Trinajstić information content (AvgIpc) is 3.01. The molecule has 1 aliphatic rings. The normalized spacial score (nSPS) is 17.0. The Kier molecular flexibility index (Phi) is 2.53.